The zero-order chi connectivity index (χ0) is 26.9. The first-order chi connectivity index (χ1) is 16.5. The summed E-state index contributed by atoms with van der Waals surface area (Å²) in [5.74, 6) is -0.268. The Labute approximate surface area is 206 Å². The lowest BCUT2D eigenvalue weighted by atomic mass is 9.51. The summed E-state index contributed by atoms with van der Waals surface area (Å²) in [5.41, 5.74) is 2.45. The highest BCUT2D eigenvalue weighted by Gasteiger charge is 2.56. The van der Waals surface area contributed by atoms with Crippen molar-refractivity contribution < 1.29 is 35.9 Å². The highest BCUT2D eigenvalue weighted by molar-refractivity contribution is 5.77. The molecule has 0 aromatic heterocycles. The third kappa shape index (κ3) is 6.51. The molecule has 1 amide bonds. The van der Waals surface area contributed by atoms with E-state index in [0.717, 1.165) is 0 Å². The first kappa shape index (κ1) is 28.2. The van der Waals surface area contributed by atoms with Crippen molar-refractivity contribution in [1.82, 2.24) is 5.32 Å². The lowest BCUT2D eigenvalue weighted by Crippen LogP contribution is -2.66. The van der Waals surface area contributed by atoms with Gasteiger partial charge in [0, 0.05) is 23.4 Å². The molecule has 10 heteroatoms. The molecule has 0 aliphatic heterocycles. The Hall–Kier alpha value is -2.33. The van der Waals surface area contributed by atoms with Gasteiger partial charge in [0.1, 0.15) is 0 Å². The van der Waals surface area contributed by atoms with Gasteiger partial charge in [-0.2, -0.15) is 26.3 Å². The van der Waals surface area contributed by atoms with Crippen LogP contribution in [0, 0.1) is 17.3 Å². The van der Waals surface area contributed by atoms with Crippen LogP contribution in [0.2, 0.25) is 0 Å². The number of alkyl halides is 6. The molecule has 200 valence electrons. The molecule has 2 aliphatic carbocycles. The average molecular weight is 519 g/mol. The first-order valence-corrected chi connectivity index (χ1v) is 11.9. The number of amides is 1. The number of carbonyl (C=O) groups is 1. The standard InChI is InChI=1S/C26H32F6N2O2/c1-16(2)22(35)34-14-24(33)12-23(13-24,19-7-5-4-6-8-19)15-36-17(3)18-9-20(25(27,28)29)11-21(10-18)26(30,31)32/h4-7,9-11,16-17,19H,8,12-15,33H2,1-3H3,(H,34,35)/t17-,19?,23?,24?/m1/s1. The molecular weight excluding hydrogens is 486 g/mol. The Kier molecular flexibility index (Phi) is 8.01. The van der Waals surface area contributed by atoms with Gasteiger partial charge in [-0.15, -0.1) is 0 Å². The number of halogens is 6. The molecular formula is C26H32F6N2O2. The van der Waals surface area contributed by atoms with Crippen LogP contribution in [-0.4, -0.2) is 24.6 Å². The molecule has 36 heavy (non-hydrogen) atoms. The van der Waals surface area contributed by atoms with E-state index in [1.807, 2.05) is 24.3 Å². The number of benzene rings is 1. The van der Waals surface area contributed by atoms with Crippen molar-refractivity contribution in [2.75, 3.05) is 13.2 Å². The third-order valence-corrected chi connectivity index (χ3v) is 7.01. The van der Waals surface area contributed by atoms with Crippen molar-refractivity contribution in [1.29, 1.82) is 0 Å². The van der Waals surface area contributed by atoms with Crippen LogP contribution in [0.3, 0.4) is 0 Å². The van der Waals surface area contributed by atoms with E-state index in [4.69, 9.17) is 10.5 Å². The molecule has 0 spiro atoms. The Morgan fingerprint density at radius 3 is 2.11 bits per heavy atom. The number of nitrogens with one attached hydrogen (secondary N) is 1. The molecule has 0 heterocycles. The summed E-state index contributed by atoms with van der Waals surface area (Å²) in [5, 5.41) is 2.85. The summed E-state index contributed by atoms with van der Waals surface area (Å²) in [6.07, 6.45) is -1.35. The Morgan fingerprint density at radius 2 is 1.64 bits per heavy atom. The van der Waals surface area contributed by atoms with Crippen LogP contribution in [0.15, 0.2) is 42.5 Å². The molecule has 2 atom stereocenters. The number of rotatable bonds is 8. The van der Waals surface area contributed by atoms with Gasteiger partial charge < -0.3 is 15.8 Å². The topological polar surface area (TPSA) is 64.4 Å². The van der Waals surface area contributed by atoms with Gasteiger partial charge in [-0.1, -0.05) is 38.2 Å². The van der Waals surface area contributed by atoms with Crippen LogP contribution in [0.1, 0.15) is 62.8 Å². The molecule has 2 aliphatic rings. The average Bonchev–Trinajstić information content (AvgIpc) is 2.78. The molecule has 4 nitrogen and oxygen atoms in total. The van der Waals surface area contributed by atoms with Gasteiger partial charge in [-0.25, -0.2) is 0 Å². The summed E-state index contributed by atoms with van der Waals surface area (Å²) < 4.78 is 85.6. The van der Waals surface area contributed by atoms with E-state index in [-0.39, 0.29) is 42.5 Å². The molecule has 1 saturated carbocycles. The van der Waals surface area contributed by atoms with Crippen LogP contribution in [0.25, 0.3) is 0 Å². The molecule has 3 N–H and O–H groups in total. The zero-order valence-electron chi connectivity index (χ0n) is 20.5. The molecule has 0 bridgehead atoms. The van der Waals surface area contributed by atoms with Crippen LogP contribution >= 0.6 is 0 Å². The number of hydrogen-bond donors (Lipinski definition) is 2. The van der Waals surface area contributed by atoms with E-state index in [1.165, 1.54) is 6.92 Å². The van der Waals surface area contributed by atoms with Gasteiger partial charge in [-0.3, -0.25) is 4.79 Å². The van der Waals surface area contributed by atoms with Crippen molar-refractivity contribution in [2.45, 2.75) is 64.0 Å². The minimum Gasteiger partial charge on any atom is -0.373 e. The van der Waals surface area contributed by atoms with Crippen molar-refractivity contribution >= 4 is 5.91 Å². The zero-order valence-corrected chi connectivity index (χ0v) is 20.5. The summed E-state index contributed by atoms with van der Waals surface area (Å²) in [7, 11) is 0. The lowest BCUT2D eigenvalue weighted by Gasteiger charge is -2.58. The molecule has 1 unspecified atom stereocenters. The fourth-order valence-electron chi connectivity index (χ4n) is 5.05. The quantitative estimate of drug-likeness (QED) is 0.404. The molecule has 3 rings (SSSR count). The number of carbonyl (C=O) groups excluding carboxylic acids is 1. The lowest BCUT2D eigenvalue weighted by molar-refractivity contribution is -0.143. The summed E-state index contributed by atoms with van der Waals surface area (Å²) in [4.78, 5) is 12.0. The Balaban J connectivity index is 1.78. The van der Waals surface area contributed by atoms with E-state index in [1.54, 1.807) is 13.8 Å². The third-order valence-electron chi connectivity index (χ3n) is 7.01. The second-order valence-corrected chi connectivity index (χ2v) is 10.4. The van der Waals surface area contributed by atoms with Crippen LogP contribution < -0.4 is 11.1 Å². The van der Waals surface area contributed by atoms with E-state index < -0.39 is 40.5 Å². The van der Waals surface area contributed by atoms with Gasteiger partial charge >= 0.3 is 12.4 Å². The number of hydrogen-bond acceptors (Lipinski definition) is 3. The van der Waals surface area contributed by atoms with E-state index in [2.05, 4.69) is 5.32 Å². The fraction of sp³-hybridized carbons (Fsp3) is 0.577. The van der Waals surface area contributed by atoms with Crippen molar-refractivity contribution in [3.63, 3.8) is 0 Å². The maximum atomic E-state index is 13.3. The van der Waals surface area contributed by atoms with Crippen LogP contribution in [0.4, 0.5) is 26.3 Å². The van der Waals surface area contributed by atoms with Crippen molar-refractivity contribution in [3.05, 3.63) is 59.2 Å². The summed E-state index contributed by atoms with van der Waals surface area (Å²) in [6.45, 7) is 5.37. The van der Waals surface area contributed by atoms with Crippen LogP contribution in [-0.2, 0) is 21.9 Å². The van der Waals surface area contributed by atoms with E-state index >= 15 is 0 Å². The fourth-order valence-corrected chi connectivity index (χ4v) is 5.05. The van der Waals surface area contributed by atoms with E-state index in [9.17, 15) is 31.1 Å². The molecule has 0 radical (unpaired) electrons. The van der Waals surface area contributed by atoms with Gasteiger partial charge in [0.15, 0.2) is 0 Å². The number of ether oxygens (including phenoxy) is 1. The highest BCUT2D eigenvalue weighted by Crippen LogP contribution is 2.55. The maximum absolute atomic E-state index is 13.3. The van der Waals surface area contributed by atoms with Gasteiger partial charge in [0.25, 0.3) is 0 Å². The highest BCUT2D eigenvalue weighted by atomic mass is 19.4. The first-order valence-electron chi connectivity index (χ1n) is 11.9. The Bertz CT molecular complexity index is 974. The largest absolute Gasteiger partial charge is 0.416 e. The number of nitrogens with two attached hydrogens (primary N) is 1. The SMILES string of the molecule is CC(C)C(=O)NCC1(N)CC(CO[C@H](C)c2cc(C(F)(F)F)cc(C(F)(F)F)c2)(C2C=CC=CC2)C1. The maximum Gasteiger partial charge on any atom is 0.416 e. The molecule has 1 aromatic carbocycles. The van der Waals surface area contributed by atoms with E-state index in [0.29, 0.717) is 31.4 Å². The summed E-state index contributed by atoms with van der Waals surface area (Å²) >= 11 is 0. The predicted molar refractivity (Wildman–Crippen MR) is 124 cm³/mol. The number of allylic oxidation sites excluding steroid dienone is 4. The smallest absolute Gasteiger partial charge is 0.373 e. The van der Waals surface area contributed by atoms with Crippen molar-refractivity contribution in [3.8, 4) is 0 Å². The second-order valence-electron chi connectivity index (χ2n) is 10.4. The predicted octanol–water partition coefficient (Wildman–Crippen LogP) is 6.18. The minimum absolute atomic E-state index is 0.0411. The second kappa shape index (κ2) is 10.2. The minimum atomic E-state index is -4.93. The Morgan fingerprint density at radius 1 is 1.06 bits per heavy atom. The molecule has 1 aromatic rings. The van der Waals surface area contributed by atoms with Gasteiger partial charge in [0.2, 0.25) is 5.91 Å². The van der Waals surface area contributed by atoms with Gasteiger partial charge in [-0.05, 0) is 55.9 Å². The molecule has 1 fully saturated rings. The normalized spacial score (nSPS) is 27.1. The summed E-state index contributed by atoms with van der Waals surface area (Å²) in [6, 6.07) is 1.51. The van der Waals surface area contributed by atoms with Crippen molar-refractivity contribution in [2.24, 2.45) is 23.0 Å². The molecule has 0 saturated heterocycles. The van der Waals surface area contributed by atoms with Crippen LogP contribution in [0.5, 0.6) is 0 Å². The monoisotopic (exact) mass is 518 g/mol. The van der Waals surface area contributed by atoms with Gasteiger partial charge in [0.05, 0.1) is 23.8 Å².